The number of carboxylic acids is 1. The summed E-state index contributed by atoms with van der Waals surface area (Å²) in [5.74, 6) is -0.971. The summed E-state index contributed by atoms with van der Waals surface area (Å²) in [6.07, 6.45) is 3.63. The molecular formula is C10H19NO4S. The second-order valence-corrected chi connectivity index (χ2v) is 6.26. The first-order valence-corrected chi connectivity index (χ1v) is 7.23. The lowest BCUT2D eigenvalue weighted by atomic mass is 10.2. The number of sulfonamides is 1. The normalized spacial score (nSPS) is 19.8. The molecule has 0 aromatic heterocycles. The Morgan fingerprint density at radius 3 is 2.44 bits per heavy atom. The Bertz CT molecular complexity index is 333. The molecule has 1 rings (SSSR count). The van der Waals surface area contributed by atoms with Crippen molar-refractivity contribution in [3.63, 3.8) is 0 Å². The van der Waals surface area contributed by atoms with Crippen LogP contribution >= 0.6 is 0 Å². The molecule has 1 fully saturated rings. The molecule has 2 N–H and O–H groups in total. The van der Waals surface area contributed by atoms with Crippen molar-refractivity contribution >= 4 is 16.0 Å². The van der Waals surface area contributed by atoms with Gasteiger partial charge in [0.2, 0.25) is 10.0 Å². The average molecular weight is 249 g/mol. The third kappa shape index (κ3) is 3.75. The summed E-state index contributed by atoms with van der Waals surface area (Å²) in [5.41, 5.74) is 0. The number of hydrogen-bond donors (Lipinski definition) is 2. The molecule has 0 amide bonds. The summed E-state index contributed by atoms with van der Waals surface area (Å²) in [4.78, 5) is 10.5. The minimum atomic E-state index is -3.33. The van der Waals surface area contributed by atoms with Crippen molar-refractivity contribution in [2.45, 2.75) is 56.7 Å². The van der Waals surface area contributed by atoms with Crippen LogP contribution in [0.1, 0.15) is 45.4 Å². The highest BCUT2D eigenvalue weighted by atomic mass is 32.2. The lowest BCUT2D eigenvalue weighted by Gasteiger charge is -2.18. The lowest BCUT2D eigenvalue weighted by Crippen LogP contribution is -2.40. The van der Waals surface area contributed by atoms with E-state index in [1.807, 2.05) is 0 Å². The molecule has 1 aliphatic rings. The molecule has 1 aliphatic carbocycles. The van der Waals surface area contributed by atoms with Gasteiger partial charge in [-0.2, -0.15) is 0 Å². The third-order valence-corrected chi connectivity index (χ3v) is 5.00. The van der Waals surface area contributed by atoms with Crippen LogP contribution < -0.4 is 4.72 Å². The van der Waals surface area contributed by atoms with Crippen LogP contribution in [0, 0.1) is 0 Å². The van der Waals surface area contributed by atoms with Gasteiger partial charge in [-0.05, 0) is 19.3 Å². The number of hydrogen-bond acceptors (Lipinski definition) is 3. The van der Waals surface area contributed by atoms with Crippen LogP contribution in [0.5, 0.6) is 0 Å². The van der Waals surface area contributed by atoms with Gasteiger partial charge in [0.1, 0.15) is 0 Å². The largest absolute Gasteiger partial charge is 0.481 e. The molecule has 1 unspecified atom stereocenters. The fourth-order valence-electron chi connectivity index (χ4n) is 2.01. The topological polar surface area (TPSA) is 83.5 Å². The van der Waals surface area contributed by atoms with Gasteiger partial charge in [0.15, 0.2) is 0 Å². The zero-order valence-electron chi connectivity index (χ0n) is 9.48. The van der Waals surface area contributed by atoms with E-state index in [-0.39, 0.29) is 11.7 Å². The van der Waals surface area contributed by atoms with Gasteiger partial charge in [-0.1, -0.05) is 19.8 Å². The van der Waals surface area contributed by atoms with E-state index < -0.39 is 22.0 Å². The maximum absolute atomic E-state index is 11.9. The number of nitrogens with one attached hydrogen (secondary N) is 1. The fraction of sp³-hybridized carbons (Fsp3) is 0.900. The molecule has 1 atom stereocenters. The van der Waals surface area contributed by atoms with Crippen molar-refractivity contribution in [2.75, 3.05) is 0 Å². The first kappa shape index (κ1) is 13.4. The van der Waals surface area contributed by atoms with Crippen LogP contribution in [-0.4, -0.2) is 30.8 Å². The molecule has 1 saturated carbocycles. The van der Waals surface area contributed by atoms with Crippen LogP contribution in [0.3, 0.4) is 0 Å². The van der Waals surface area contributed by atoms with Gasteiger partial charge in [0.25, 0.3) is 0 Å². The number of carbonyl (C=O) groups is 1. The van der Waals surface area contributed by atoms with Gasteiger partial charge in [0, 0.05) is 6.04 Å². The molecule has 0 spiro atoms. The standard InChI is InChI=1S/C10H19NO4S/c1-2-8(7-10(12)13)11-16(14,15)9-5-3-4-6-9/h8-9,11H,2-7H2,1H3,(H,12,13). The van der Waals surface area contributed by atoms with E-state index in [1.165, 1.54) is 0 Å². The predicted octanol–water partition coefficient (Wildman–Crippen LogP) is 1.10. The molecule has 0 aliphatic heterocycles. The van der Waals surface area contributed by atoms with Gasteiger partial charge in [0.05, 0.1) is 11.7 Å². The molecule has 16 heavy (non-hydrogen) atoms. The Labute approximate surface area is 96.3 Å². The van der Waals surface area contributed by atoms with Crippen molar-refractivity contribution in [3.8, 4) is 0 Å². The molecule has 0 bridgehead atoms. The molecule has 94 valence electrons. The monoisotopic (exact) mass is 249 g/mol. The van der Waals surface area contributed by atoms with E-state index in [0.717, 1.165) is 12.8 Å². The maximum Gasteiger partial charge on any atom is 0.304 e. The summed E-state index contributed by atoms with van der Waals surface area (Å²) < 4.78 is 26.3. The van der Waals surface area contributed by atoms with Gasteiger partial charge in [-0.3, -0.25) is 4.79 Å². The third-order valence-electron chi connectivity index (χ3n) is 2.99. The van der Waals surface area contributed by atoms with Crippen LogP contribution in [0.4, 0.5) is 0 Å². The van der Waals surface area contributed by atoms with E-state index in [9.17, 15) is 13.2 Å². The Morgan fingerprint density at radius 2 is 2.00 bits per heavy atom. The Kier molecular flexibility index (Phi) is 4.73. The van der Waals surface area contributed by atoms with Gasteiger partial charge >= 0.3 is 5.97 Å². The predicted molar refractivity (Wildman–Crippen MR) is 60.6 cm³/mol. The molecule has 0 aromatic carbocycles. The zero-order valence-corrected chi connectivity index (χ0v) is 10.3. The molecule has 0 heterocycles. The van der Waals surface area contributed by atoms with Crippen molar-refractivity contribution in [1.82, 2.24) is 4.72 Å². The van der Waals surface area contributed by atoms with E-state index in [2.05, 4.69) is 4.72 Å². The van der Waals surface area contributed by atoms with E-state index >= 15 is 0 Å². The van der Waals surface area contributed by atoms with Crippen LogP contribution in [0.2, 0.25) is 0 Å². The second kappa shape index (κ2) is 5.63. The highest BCUT2D eigenvalue weighted by Gasteiger charge is 2.30. The summed E-state index contributed by atoms with van der Waals surface area (Å²) in [6, 6.07) is -0.483. The molecule has 0 radical (unpaired) electrons. The Hall–Kier alpha value is -0.620. The Balaban J connectivity index is 2.58. The second-order valence-electron chi connectivity index (χ2n) is 4.27. The van der Waals surface area contributed by atoms with E-state index in [4.69, 9.17) is 5.11 Å². The summed E-state index contributed by atoms with van der Waals surface area (Å²) >= 11 is 0. The SMILES string of the molecule is CCC(CC(=O)O)NS(=O)(=O)C1CCCC1. The van der Waals surface area contributed by atoms with Crippen molar-refractivity contribution in [2.24, 2.45) is 0 Å². The summed E-state index contributed by atoms with van der Waals surface area (Å²) in [7, 11) is -3.33. The van der Waals surface area contributed by atoms with Crippen molar-refractivity contribution < 1.29 is 18.3 Å². The van der Waals surface area contributed by atoms with Crippen LogP contribution in [0.25, 0.3) is 0 Å². The first-order chi connectivity index (χ1) is 7.45. The van der Waals surface area contributed by atoms with E-state index in [1.54, 1.807) is 6.92 Å². The van der Waals surface area contributed by atoms with Crippen LogP contribution in [0.15, 0.2) is 0 Å². The smallest absolute Gasteiger partial charge is 0.304 e. The minimum Gasteiger partial charge on any atom is -0.481 e. The number of rotatable bonds is 6. The van der Waals surface area contributed by atoms with Gasteiger partial charge < -0.3 is 5.11 Å². The lowest BCUT2D eigenvalue weighted by molar-refractivity contribution is -0.137. The molecule has 0 aromatic rings. The maximum atomic E-state index is 11.9. The highest BCUT2D eigenvalue weighted by Crippen LogP contribution is 2.24. The fourth-order valence-corrected chi connectivity index (χ4v) is 3.87. The minimum absolute atomic E-state index is 0.150. The van der Waals surface area contributed by atoms with Gasteiger partial charge in [-0.25, -0.2) is 13.1 Å². The van der Waals surface area contributed by atoms with Crippen molar-refractivity contribution in [1.29, 1.82) is 0 Å². The van der Waals surface area contributed by atoms with Crippen LogP contribution in [-0.2, 0) is 14.8 Å². The Morgan fingerprint density at radius 1 is 1.44 bits per heavy atom. The van der Waals surface area contributed by atoms with Gasteiger partial charge in [-0.15, -0.1) is 0 Å². The summed E-state index contributed by atoms with van der Waals surface area (Å²) in [5, 5.41) is 8.32. The summed E-state index contributed by atoms with van der Waals surface area (Å²) in [6.45, 7) is 1.78. The van der Waals surface area contributed by atoms with Crippen molar-refractivity contribution in [3.05, 3.63) is 0 Å². The number of aliphatic carboxylic acids is 1. The van der Waals surface area contributed by atoms with E-state index in [0.29, 0.717) is 19.3 Å². The average Bonchev–Trinajstić information content (AvgIpc) is 2.68. The zero-order chi connectivity index (χ0) is 12.2. The quantitative estimate of drug-likeness (QED) is 0.738. The molecule has 5 nitrogen and oxygen atoms in total. The highest BCUT2D eigenvalue weighted by molar-refractivity contribution is 7.90. The number of carboxylic acid groups (broad SMARTS) is 1. The first-order valence-electron chi connectivity index (χ1n) is 5.68. The molecular weight excluding hydrogens is 230 g/mol. The molecule has 6 heteroatoms. The molecule has 0 saturated heterocycles.